The first kappa shape index (κ1) is 17.7. The summed E-state index contributed by atoms with van der Waals surface area (Å²) in [5.41, 5.74) is 9.25. The van der Waals surface area contributed by atoms with Crippen LogP contribution in [0.15, 0.2) is 54.6 Å². The van der Waals surface area contributed by atoms with Gasteiger partial charge in [-0.05, 0) is 35.9 Å². The lowest BCUT2D eigenvalue weighted by Gasteiger charge is -2.24. The molecule has 27 heavy (non-hydrogen) atoms. The van der Waals surface area contributed by atoms with Gasteiger partial charge in [-0.3, -0.25) is 4.79 Å². The van der Waals surface area contributed by atoms with Gasteiger partial charge in [0.1, 0.15) is 5.69 Å². The molecule has 2 heterocycles. The third-order valence-electron chi connectivity index (χ3n) is 4.54. The molecule has 2 aromatic carbocycles. The number of carbonyl (C=O) groups is 1. The second kappa shape index (κ2) is 7.52. The summed E-state index contributed by atoms with van der Waals surface area (Å²) in [6, 6.07) is 16.8. The second-order valence-electron chi connectivity index (χ2n) is 6.35. The number of nitrogens with zero attached hydrogens (tertiary/aromatic N) is 2. The van der Waals surface area contributed by atoms with Gasteiger partial charge in [0.2, 0.25) is 0 Å². The number of benzene rings is 2. The molecule has 3 N–H and O–H groups in total. The SMILES string of the molecule is NC(=O)c1cc(-c2ccc(Cl)cc2)nn1-c1ccc([C@@H]2CNCCO2)cc1. The first-order chi connectivity index (χ1) is 13.1. The van der Waals surface area contributed by atoms with E-state index in [1.165, 1.54) is 0 Å². The third-order valence-corrected chi connectivity index (χ3v) is 4.79. The van der Waals surface area contributed by atoms with Gasteiger partial charge in [0.25, 0.3) is 5.91 Å². The van der Waals surface area contributed by atoms with Crippen molar-refractivity contribution >= 4 is 17.5 Å². The van der Waals surface area contributed by atoms with Gasteiger partial charge >= 0.3 is 0 Å². The maximum atomic E-state index is 11.9. The summed E-state index contributed by atoms with van der Waals surface area (Å²) in [6.45, 7) is 2.35. The largest absolute Gasteiger partial charge is 0.371 e. The molecule has 1 aliphatic rings. The lowest BCUT2D eigenvalue weighted by Crippen LogP contribution is -2.33. The number of hydrogen-bond donors (Lipinski definition) is 2. The molecule has 4 rings (SSSR count). The van der Waals surface area contributed by atoms with Crippen molar-refractivity contribution in [1.29, 1.82) is 0 Å². The average Bonchev–Trinajstić information content (AvgIpc) is 3.15. The van der Waals surface area contributed by atoms with Crippen LogP contribution in [0.4, 0.5) is 0 Å². The predicted molar refractivity (Wildman–Crippen MR) is 104 cm³/mol. The van der Waals surface area contributed by atoms with Gasteiger partial charge in [-0.2, -0.15) is 5.10 Å². The van der Waals surface area contributed by atoms with Crippen molar-refractivity contribution in [3.8, 4) is 16.9 Å². The number of aromatic nitrogens is 2. The molecule has 1 fully saturated rings. The summed E-state index contributed by atoms with van der Waals surface area (Å²) < 4.78 is 7.34. The maximum absolute atomic E-state index is 11.9. The van der Waals surface area contributed by atoms with Crippen molar-refractivity contribution in [3.05, 3.63) is 70.9 Å². The van der Waals surface area contributed by atoms with Crippen LogP contribution in [0.1, 0.15) is 22.2 Å². The van der Waals surface area contributed by atoms with E-state index in [0.29, 0.717) is 23.0 Å². The third kappa shape index (κ3) is 3.73. The Bertz CT molecular complexity index is 945. The Balaban J connectivity index is 1.67. The van der Waals surface area contributed by atoms with Crippen molar-refractivity contribution in [1.82, 2.24) is 15.1 Å². The molecule has 1 atom stereocenters. The Morgan fingerprint density at radius 3 is 2.56 bits per heavy atom. The van der Waals surface area contributed by atoms with E-state index in [1.807, 2.05) is 36.4 Å². The summed E-state index contributed by atoms with van der Waals surface area (Å²) in [5, 5.41) is 8.53. The van der Waals surface area contributed by atoms with E-state index >= 15 is 0 Å². The smallest absolute Gasteiger partial charge is 0.267 e. The van der Waals surface area contributed by atoms with Gasteiger partial charge in [-0.25, -0.2) is 4.68 Å². The minimum absolute atomic E-state index is 0.0330. The number of ether oxygens (including phenoxy) is 1. The van der Waals surface area contributed by atoms with Crippen LogP contribution < -0.4 is 11.1 Å². The van der Waals surface area contributed by atoms with E-state index in [4.69, 9.17) is 22.1 Å². The van der Waals surface area contributed by atoms with Gasteiger partial charge in [-0.15, -0.1) is 0 Å². The van der Waals surface area contributed by atoms with Gasteiger partial charge in [0.05, 0.1) is 24.1 Å². The Morgan fingerprint density at radius 2 is 1.93 bits per heavy atom. The Labute approximate surface area is 161 Å². The normalized spacial score (nSPS) is 17.0. The second-order valence-corrected chi connectivity index (χ2v) is 6.79. The van der Waals surface area contributed by atoms with Gasteiger partial charge in [0, 0.05) is 23.7 Å². The van der Waals surface area contributed by atoms with Crippen LogP contribution in [0.5, 0.6) is 0 Å². The van der Waals surface area contributed by atoms with Crippen molar-refractivity contribution in [3.63, 3.8) is 0 Å². The summed E-state index contributed by atoms with van der Waals surface area (Å²) >= 11 is 5.95. The van der Waals surface area contributed by atoms with Crippen LogP contribution in [0.2, 0.25) is 5.02 Å². The molecule has 0 aliphatic carbocycles. The molecule has 0 unspecified atom stereocenters. The molecule has 1 aliphatic heterocycles. The number of hydrogen-bond acceptors (Lipinski definition) is 4. The fraction of sp³-hybridized carbons (Fsp3) is 0.200. The number of amides is 1. The molecule has 0 radical (unpaired) electrons. The molecule has 1 amide bonds. The van der Waals surface area contributed by atoms with E-state index in [0.717, 1.165) is 29.9 Å². The summed E-state index contributed by atoms with van der Waals surface area (Å²) in [6.07, 6.45) is 0.0330. The number of nitrogens with two attached hydrogens (primary N) is 1. The number of rotatable bonds is 4. The van der Waals surface area contributed by atoms with Gasteiger partial charge < -0.3 is 15.8 Å². The topological polar surface area (TPSA) is 82.2 Å². The number of nitrogens with one attached hydrogen (secondary N) is 1. The fourth-order valence-corrected chi connectivity index (χ4v) is 3.25. The van der Waals surface area contributed by atoms with E-state index in [1.54, 1.807) is 22.9 Å². The lowest BCUT2D eigenvalue weighted by molar-refractivity contribution is 0.0277. The average molecular weight is 383 g/mol. The predicted octanol–water partition coefficient (Wildman–Crippen LogP) is 2.95. The molecule has 6 nitrogen and oxygen atoms in total. The van der Waals surface area contributed by atoms with Crippen molar-refractivity contribution < 1.29 is 9.53 Å². The first-order valence-corrected chi connectivity index (χ1v) is 9.08. The van der Waals surface area contributed by atoms with Crippen LogP contribution in [0.25, 0.3) is 16.9 Å². The van der Waals surface area contributed by atoms with Crippen LogP contribution >= 0.6 is 11.6 Å². The summed E-state index contributed by atoms with van der Waals surface area (Å²) in [4.78, 5) is 11.9. The highest BCUT2D eigenvalue weighted by atomic mass is 35.5. The Morgan fingerprint density at radius 1 is 1.19 bits per heavy atom. The van der Waals surface area contributed by atoms with Crippen LogP contribution in [0, 0.1) is 0 Å². The van der Waals surface area contributed by atoms with Crippen molar-refractivity contribution in [2.24, 2.45) is 5.73 Å². The number of carbonyl (C=O) groups excluding carboxylic acids is 1. The number of morpholine rings is 1. The Hall–Kier alpha value is -2.67. The highest BCUT2D eigenvalue weighted by Crippen LogP contribution is 2.25. The zero-order valence-electron chi connectivity index (χ0n) is 14.6. The van der Waals surface area contributed by atoms with Gasteiger partial charge in [-0.1, -0.05) is 35.9 Å². The van der Waals surface area contributed by atoms with Gasteiger partial charge in [0.15, 0.2) is 0 Å². The molecule has 0 spiro atoms. The Kier molecular flexibility index (Phi) is 4.94. The maximum Gasteiger partial charge on any atom is 0.267 e. The molecule has 1 saturated heterocycles. The zero-order chi connectivity index (χ0) is 18.8. The highest BCUT2D eigenvalue weighted by molar-refractivity contribution is 6.30. The molecule has 7 heteroatoms. The van der Waals surface area contributed by atoms with E-state index in [9.17, 15) is 4.79 Å². The van der Waals surface area contributed by atoms with Crippen LogP contribution in [-0.2, 0) is 4.74 Å². The number of halogens is 1. The van der Waals surface area contributed by atoms with Crippen molar-refractivity contribution in [2.75, 3.05) is 19.7 Å². The first-order valence-electron chi connectivity index (χ1n) is 8.70. The molecule has 0 saturated carbocycles. The highest BCUT2D eigenvalue weighted by Gasteiger charge is 2.18. The molecule has 3 aromatic rings. The van der Waals surface area contributed by atoms with Crippen molar-refractivity contribution in [2.45, 2.75) is 6.10 Å². The minimum atomic E-state index is -0.536. The summed E-state index contributed by atoms with van der Waals surface area (Å²) in [5.74, 6) is -0.536. The lowest BCUT2D eigenvalue weighted by atomic mass is 10.1. The van der Waals surface area contributed by atoms with E-state index in [-0.39, 0.29) is 6.10 Å². The molecule has 1 aromatic heterocycles. The van der Waals surface area contributed by atoms with Crippen LogP contribution in [-0.4, -0.2) is 35.4 Å². The quantitative estimate of drug-likeness (QED) is 0.726. The summed E-state index contributed by atoms with van der Waals surface area (Å²) in [7, 11) is 0. The standard InChI is InChI=1S/C20H19ClN4O2/c21-15-5-1-13(2-6-15)17-11-18(20(22)26)25(24-17)16-7-3-14(4-8-16)19-12-23-9-10-27-19/h1-8,11,19,23H,9-10,12H2,(H2,22,26)/t19-/m0/s1. The van der Waals surface area contributed by atoms with E-state index in [2.05, 4.69) is 10.4 Å². The van der Waals surface area contributed by atoms with Crippen LogP contribution in [0.3, 0.4) is 0 Å². The molecular weight excluding hydrogens is 364 g/mol. The van der Waals surface area contributed by atoms with E-state index < -0.39 is 5.91 Å². The molecular formula is C20H19ClN4O2. The monoisotopic (exact) mass is 382 g/mol. The molecule has 0 bridgehead atoms. The number of primary amides is 1. The zero-order valence-corrected chi connectivity index (χ0v) is 15.3. The minimum Gasteiger partial charge on any atom is -0.371 e. The fourth-order valence-electron chi connectivity index (χ4n) is 3.12. The molecule has 138 valence electrons.